The normalized spacial score (nSPS) is 18.1. The summed E-state index contributed by atoms with van der Waals surface area (Å²) in [5.41, 5.74) is 0.719. The van der Waals surface area contributed by atoms with Gasteiger partial charge in [-0.2, -0.15) is 0 Å². The molecule has 1 saturated heterocycles. The highest BCUT2D eigenvalue weighted by Crippen LogP contribution is 2.33. The molecule has 1 atom stereocenters. The molecule has 0 spiro atoms. The second-order valence-corrected chi connectivity index (χ2v) is 8.01. The largest absolute Gasteiger partial charge is 0.481 e. The second kappa shape index (κ2) is 6.98. The van der Waals surface area contributed by atoms with Crippen molar-refractivity contribution in [3.63, 3.8) is 0 Å². The fraction of sp³-hybridized carbons (Fsp3) is 0.400. The molecule has 1 fully saturated rings. The number of halogens is 1. The number of nitrogens with zero attached hydrogens (tertiary/aromatic N) is 2. The molecule has 1 unspecified atom stereocenters. The molecule has 0 aromatic carbocycles. The molecule has 1 aliphatic rings. The zero-order chi connectivity index (χ0) is 16.4. The Hall–Kier alpha value is -1.44. The van der Waals surface area contributed by atoms with Crippen molar-refractivity contribution in [3.8, 4) is 9.88 Å². The number of thiophene rings is 1. The maximum Gasteiger partial charge on any atom is 0.308 e. The maximum absolute atomic E-state index is 12.4. The van der Waals surface area contributed by atoms with Crippen LogP contribution < -0.4 is 0 Å². The second-order valence-electron chi connectivity index (χ2n) is 5.44. The number of hydrogen-bond acceptors (Lipinski definition) is 5. The molecule has 1 amide bonds. The zero-order valence-corrected chi connectivity index (χ0v) is 14.6. The summed E-state index contributed by atoms with van der Waals surface area (Å²) < 4.78 is 0.709. The third-order valence-corrected chi connectivity index (χ3v) is 6.08. The van der Waals surface area contributed by atoms with E-state index in [1.807, 2.05) is 17.5 Å². The monoisotopic (exact) mass is 370 g/mol. The van der Waals surface area contributed by atoms with Crippen LogP contribution in [0.1, 0.15) is 18.5 Å². The molecular formula is C15H15ClN2O3S2. The van der Waals surface area contributed by atoms with Gasteiger partial charge in [-0.25, -0.2) is 4.98 Å². The predicted molar refractivity (Wildman–Crippen MR) is 91.1 cm³/mol. The summed E-state index contributed by atoms with van der Waals surface area (Å²) in [7, 11) is 0. The van der Waals surface area contributed by atoms with Crippen molar-refractivity contribution < 1.29 is 14.7 Å². The van der Waals surface area contributed by atoms with Gasteiger partial charge in [0.25, 0.3) is 0 Å². The van der Waals surface area contributed by atoms with Crippen LogP contribution in [-0.2, 0) is 16.0 Å². The number of carboxylic acid groups (broad SMARTS) is 1. The van der Waals surface area contributed by atoms with E-state index in [0.29, 0.717) is 23.8 Å². The highest BCUT2D eigenvalue weighted by atomic mass is 35.5. The topological polar surface area (TPSA) is 70.5 Å². The Labute approximate surface area is 146 Å². The summed E-state index contributed by atoms with van der Waals surface area (Å²) in [5, 5.41) is 11.8. The number of amides is 1. The minimum atomic E-state index is -0.826. The highest BCUT2D eigenvalue weighted by molar-refractivity contribution is 7.23. The molecule has 0 radical (unpaired) electrons. The number of piperidine rings is 1. The number of thiazole rings is 1. The van der Waals surface area contributed by atoms with Crippen molar-refractivity contribution >= 4 is 46.2 Å². The predicted octanol–water partition coefficient (Wildman–Crippen LogP) is 3.39. The van der Waals surface area contributed by atoms with E-state index >= 15 is 0 Å². The summed E-state index contributed by atoms with van der Waals surface area (Å²) in [6, 6.07) is 3.74. The van der Waals surface area contributed by atoms with Crippen molar-refractivity contribution in [2.24, 2.45) is 5.92 Å². The van der Waals surface area contributed by atoms with Crippen LogP contribution in [-0.4, -0.2) is 40.0 Å². The number of carboxylic acids is 1. The molecule has 0 aliphatic carbocycles. The number of aromatic nitrogens is 1. The molecule has 0 bridgehead atoms. The van der Waals surface area contributed by atoms with Gasteiger partial charge in [0, 0.05) is 18.5 Å². The minimum absolute atomic E-state index is 0.0583. The Kier molecular flexibility index (Phi) is 4.99. The summed E-state index contributed by atoms with van der Waals surface area (Å²) >= 11 is 8.87. The first-order chi connectivity index (χ1) is 11.0. The first-order valence-electron chi connectivity index (χ1n) is 7.23. The molecule has 3 heterocycles. The van der Waals surface area contributed by atoms with E-state index in [2.05, 4.69) is 4.98 Å². The molecule has 3 rings (SSSR count). The molecule has 122 valence electrons. The number of rotatable bonds is 4. The molecule has 1 N–H and O–H groups in total. The SMILES string of the molecule is O=C(O)C1CCCN(C(=O)Cc2csc(-c3ccc(Cl)s3)n2)C1. The van der Waals surface area contributed by atoms with Crippen LogP contribution in [0.5, 0.6) is 0 Å². The van der Waals surface area contributed by atoms with E-state index in [0.717, 1.165) is 22.0 Å². The fourth-order valence-corrected chi connectivity index (χ4v) is 4.54. The Morgan fingerprint density at radius 2 is 2.26 bits per heavy atom. The number of carbonyl (C=O) groups excluding carboxylic acids is 1. The van der Waals surface area contributed by atoms with Gasteiger partial charge < -0.3 is 10.0 Å². The lowest BCUT2D eigenvalue weighted by atomic mass is 9.98. The average Bonchev–Trinajstić information content (AvgIpc) is 3.16. The van der Waals surface area contributed by atoms with Gasteiger partial charge in [0.15, 0.2) is 0 Å². The van der Waals surface area contributed by atoms with E-state index in [1.54, 1.807) is 4.90 Å². The smallest absolute Gasteiger partial charge is 0.308 e. The van der Waals surface area contributed by atoms with Crippen molar-refractivity contribution in [2.45, 2.75) is 19.3 Å². The Morgan fingerprint density at radius 1 is 1.43 bits per heavy atom. The first kappa shape index (κ1) is 16.4. The van der Waals surface area contributed by atoms with Crippen LogP contribution >= 0.6 is 34.3 Å². The highest BCUT2D eigenvalue weighted by Gasteiger charge is 2.28. The van der Waals surface area contributed by atoms with Gasteiger partial charge in [-0.05, 0) is 25.0 Å². The van der Waals surface area contributed by atoms with Crippen LogP contribution in [0.4, 0.5) is 0 Å². The van der Waals surface area contributed by atoms with Gasteiger partial charge in [0.1, 0.15) is 5.01 Å². The standard InChI is InChI=1S/C15H15ClN2O3S2/c16-12-4-3-11(23-12)14-17-10(8-22-14)6-13(19)18-5-1-2-9(7-18)15(20)21/h3-4,8-9H,1-2,5-7H2,(H,20,21). The van der Waals surface area contributed by atoms with Gasteiger partial charge in [-0.3, -0.25) is 9.59 Å². The van der Waals surface area contributed by atoms with E-state index in [-0.39, 0.29) is 12.3 Å². The van der Waals surface area contributed by atoms with Crippen LogP contribution in [0.3, 0.4) is 0 Å². The van der Waals surface area contributed by atoms with Gasteiger partial charge >= 0.3 is 5.97 Å². The Bertz CT molecular complexity index is 728. The molecule has 5 nitrogen and oxygen atoms in total. The van der Waals surface area contributed by atoms with E-state index in [4.69, 9.17) is 16.7 Å². The van der Waals surface area contributed by atoms with E-state index in [9.17, 15) is 9.59 Å². The third kappa shape index (κ3) is 3.91. The van der Waals surface area contributed by atoms with E-state index in [1.165, 1.54) is 22.7 Å². The van der Waals surface area contributed by atoms with Crippen LogP contribution in [0.2, 0.25) is 4.34 Å². The average molecular weight is 371 g/mol. The summed E-state index contributed by atoms with van der Waals surface area (Å²) in [5.74, 6) is -1.34. The molecule has 8 heteroatoms. The lowest BCUT2D eigenvalue weighted by Crippen LogP contribution is -2.43. The zero-order valence-electron chi connectivity index (χ0n) is 12.2. The first-order valence-corrected chi connectivity index (χ1v) is 9.31. The number of likely N-dealkylation sites (tertiary alicyclic amines) is 1. The summed E-state index contributed by atoms with van der Waals surface area (Å²) in [6.07, 6.45) is 1.58. The lowest BCUT2D eigenvalue weighted by molar-refractivity contribution is -0.145. The molecule has 2 aromatic rings. The van der Waals surface area contributed by atoms with Crippen molar-refractivity contribution in [1.29, 1.82) is 0 Å². The quantitative estimate of drug-likeness (QED) is 0.895. The Morgan fingerprint density at radius 3 is 2.96 bits per heavy atom. The number of carbonyl (C=O) groups is 2. The fourth-order valence-electron chi connectivity index (χ4n) is 2.60. The van der Waals surface area contributed by atoms with Crippen LogP contribution in [0.25, 0.3) is 9.88 Å². The Balaban J connectivity index is 1.64. The molecular weight excluding hydrogens is 356 g/mol. The molecule has 0 saturated carbocycles. The lowest BCUT2D eigenvalue weighted by Gasteiger charge is -2.30. The van der Waals surface area contributed by atoms with Crippen molar-refractivity contribution in [3.05, 3.63) is 27.5 Å². The number of aliphatic carboxylic acids is 1. The molecule has 23 heavy (non-hydrogen) atoms. The van der Waals surface area contributed by atoms with Gasteiger partial charge in [-0.1, -0.05) is 11.6 Å². The maximum atomic E-state index is 12.4. The van der Waals surface area contributed by atoms with Crippen molar-refractivity contribution in [2.75, 3.05) is 13.1 Å². The van der Waals surface area contributed by atoms with Gasteiger partial charge in [-0.15, -0.1) is 22.7 Å². The summed E-state index contributed by atoms with van der Waals surface area (Å²) in [4.78, 5) is 30.6. The number of hydrogen-bond donors (Lipinski definition) is 1. The molecule has 1 aliphatic heterocycles. The van der Waals surface area contributed by atoms with Gasteiger partial charge in [0.2, 0.25) is 5.91 Å². The third-order valence-electron chi connectivity index (χ3n) is 3.79. The van der Waals surface area contributed by atoms with Gasteiger partial charge in [0.05, 0.1) is 27.2 Å². The van der Waals surface area contributed by atoms with Crippen molar-refractivity contribution in [1.82, 2.24) is 9.88 Å². The van der Waals surface area contributed by atoms with Crippen LogP contribution in [0.15, 0.2) is 17.5 Å². The molecule has 2 aromatic heterocycles. The van der Waals surface area contributed by atoms with E-state index < -0.39 is 11.9 Å². The minimum Gasteiger partial charge on any atom is -0.481 e. The van der Waals surface area contributed by atoms with Crippen LogP contribution in [0, 0.1) is 5.92 Å². The summed E-state index contributed by atoms with van der Waals surface area (Å²) in [6.45, 7) is 0.922.